The number of cyclic esters (lactones) is 1. The van der Waals surface area contributed by atoms with E-state index in [-0.39, 0.29) is 42.0 Å². The standard InChI is InChI=1S/C30H45NO3S/c1-10-25-13-11-12-19(2)22(5)23(6)29(33)30(8,9)21(4)17-28(32)34-27(15-14-25)20(3)16-26-18-35-24(7)31-26/h11,13-14,16,18-19,21-23,27H,10,12,15,17H2,1-9H3/b13-11+,20-16+,25-14-/t19-,21-,22-,23+,27-/m0/s1. The zero-order chi connectivity index (χ0) is 26.3. The van der Waals surface area contributed by atoms with Crippen LogP contribution in [0.1, 0.15) is 91.8 Å². The maximum absolute atomic E-state index is 13.5. The molecule has 0 fully saturated rings. The van der Waals surface area contributed by atoms with E-state index in [4.69, 9.17) is 4.74 Å². The van der Waals surface area contributed by atoms with E-state index in [0.717, 1.165) is 29.1 Å². The Balaban J connectivity index is 2.41. The highest BCUT2D eigenvalue weighted by molar-refractivity contribution is 7.09. The number of allylic oxidation sites excluding steroid dienone is 3. The number of rotatable bonds is 3. The first-order valence-corrected chi connectivity index (χ1v) is 13.9. The molecule has 0 saturated carbocycles. The third-order valence-electron chi connectivity index (χ3n) is 8.08. The molecule has 1 aromatic rings. The van der Waals surface area contributed by atoms with Crippen LogP contribution in [0.4, 0.5) is 0 Å². The van der Waals surface area contributed by atoms with Gasteiger partial charge in [0.25, 0.3) is 0 Å². The van der Waals surface area contributed by atoms with E-state index in [2.05, 4.69) is 44.0 Å². The van der Waals surface area contributed by atoms with Gasteiger partial charge in [-0.25, -0.2) is 4.98 Å². The zero-order valence-corrected chi connectivity index (χ0v) is 24.0. The molecule has 0 saturated heterocycles. The van der Waals surface area contributed by atoms with Gasteiger partial charge < -0.3 is 4.74 Å². The Kier molecular flexibility index (Phi) is 10.7. The molecule has 0 amide bonds. The van der Waals surface area contributed by atoms with Crippen molar-refractivity contribution in [3.05, 3.63) is 45.5 Å². The molecule has 5 heteroatoms. The Bertz CT molecular complexity index is 968. The van der Waals surface area contributed by atoms with Crippen LogP contribution in [-0.2, 0) is 14.3 Å². The number of thiazole rings is 1. The number of ether oxygens (including phenoxy) is 1. The molecule has 0 aliphatic carbocycles. The van der Waals surface area contributed by atoms with Crippen molar-refractivity contribution in [2.45, 2.75) is 94.1 Å². The third-order valence-corrected chi connectivity index (χ3v) is 8.87. The molecule has 0 N–H and O–H groups in total. The lowest BCUT2D eigenvalue weighted by Crippen LogP contribution is -2.40. The van der Waals surface area contributed by atoms with Gasteiger partial charge in [0.15, 0.2) is 0 Å². The maximum atomic E-state index is 13.5. The van der Waals surface area contributed by atoms with Crippen LogP contribution in [0.3, 0.4) is 0 Å². The predicted molar refractivity (Wildman–Crippen MR) is 147 cm³/mol. The van der Waals surface area contributed by atoms with Gasteiger partial charge in [0, 0.05) is 29.6 Å². The van der Waals surface area contributed by atoms with Gasteiger partial charge in [-0.2, -0.15) is 0 Å². The third kappa shape index (κ3) is 7.99. The smallest absolute Gasteiger partial charge is 0.306 e. The fourth-order valence-electron chi connectivity index (χ4n) is 4.61. The molecule has 0 aromatic carbocycles. The van der Waals surface area contributed by atoms with E-state index in [1.54, 1.807) is 11.3 Å². The molecule has 0 unspecified atom stereocenters. The topological polar surface area (TPSA) is 56.3 Å². The van der Waals surface area contributed by atoms with Crippen molar-refractivity contribution in [1.82, 2.24) is 4.98 Å². The normalized spacial score (nSPS) is 32.0. The number of ketones is 1. The summed E-state index contributed by atoms with van der Waals surface area (Å²) in [7, 11) is 0. The van der Waals surface area contributed by atoms with Gasteiger partial charge in [0.2, 0.25) is 0 Å². The monoisotopic (exact) mass is 499 g/mol. The lowest BCUT2D eigenvalue weighted by molar-refractivity contribution is -0.150. The molecule has 1 aromatic heterocycles. The van der Waals surface area contributed by atoms with Crippen LogP contribution in [0.5, 0.6) is 0 Å². The number of nitrogens with zero attached hydrogens (tertiary/aromatic N) is 1. The average molecular weight is 500 g/mol. The summed E-state index contributed by atoms with van der Waals surface area (Å²) in [4.78, 5) is 31.1. The zero-order valence-electron chi connectivity index (χ0n) is 23.2. The van der Waals surface area contributed by atoms with Crippen molar-refractivity contribution in [2.24, 2.45) is 29.1 Å². The van der Waals surface area contributed by atoms with Gasteiger partial charge in [0.1, 0.15) is 11.9 Å². The summed E-state index contributed by atoms with van der Waals surface area (Å²) < 4.78 is 6.04. The minimum atomic E-state index is -0.604. The van der Waals surface area contributed by atoms with Gasteiger partial charge in [-0.05, 0) is 56.1 Å². The minimum Gasteiger partial charge on any atom is -0.457 e. The molecule has 4 nitrogen and oxygen atoms in total. The van der Waals surface area contributed by atoms with Gasteiger partial charge >= 0.3 is 5.97 Å². The highest BCUT2D eigenvalue weighted by Crippen LogP contribution is 2.37. The van der Waals surface area contributed by atoms with E-state index >= 15 is 0 Å². The Morgan fingerprint density at radius 1 is 1.20 bits per heavy atom. The summed E-state index contributed by atoms with van der Waals surface area (Å²) in [6.45, 7) is 18.5. The van der Waals surface area contributed by atoms with Crippen molar-refractivity contribution >= 4 is 29.2 Å². The molecular weight excluding hydrogens is 454 g/mol. The molecule has 0 bridgehead atoms. The highest BCUT2D eigenvalue weighted by atomic mass is 32.1. The summed E-state index contributed by atoms with van der Waals surface area (Å²) in [6, 6.07) is 0. The molecule has 194 valence electrons. The van der Waals surface area contributed by atoms with E-state index in [1.807, 2.05) is 53.0 Å². The first-order valence-electron chi connectivity index (χ1n) is 13.1. The van der Waals surface area contributed by atoms with E-state index in [0.29, 0.717) is 12.3 Å². The quantitative estimate of drug-likeness (QED) is 0.396. The number of aryl methyl sites for hydroxylation is 1. The highest BCUT2D eigenvalue weighted by Gasteiger charge is 2.40. The van der Waals surface area contributed by atoms with E-state index in [9.17, 15) is 9.59 Å². The summed E-state index contributed by atoms with van der Waals surface area (Å²) in [5.74, 6) is 0.446. The lowest BCUT2D eigenvalue weighted by atomic mass is 9.67. The molecule has 5 atom stereocenters. The summed E-state index contributed by atoms with van der Waals surface area (Å²) in [5, 5.41) is 3.03. The fraction of sp³-hybridized carbons (Fsp3) is 0.633. The Morgan fingerprint density at radius 3 is 2.49 bits per heavy atom. The van der Waals surface area contributed by atoms with Crippen LogP contribution in [0.25, 0.3) is 6.08 Å². The van der Waals surface area contributed by atoms with E-state index < -0.39 is 5.41 Å². The Labute approximate surface area is 217 Å². The largest absolute Gasteiger partial charge is 0.457 e. The SMILES string of the molecule is CCC1=C/C[C@@H](/C(C)=C/c2csc(C)n2)OC(=O)C[C@H](C)C(C)(C)C(=O)[C@H](C)[C@@H](C)[C@@H](C)C\C=C\1. The summed E-state index contributed by atoms with van der Waals surface area (Å²) >= 11 is 1.61. The molecular formula is C30H45NO3S. The second kappa shape index (κ2) is 12.8. The van der Waals surface area contributed by atoms with Crippen molar-refractivity contribution in [1.29, 1.82) is 0 Å². The fourth-order valence-corrected chi connectivity index (χ4v) is 5.18. The molecule has 1 aliphatic heterocycles. The number of Topliss-reactive ketones (excluding diaryl/α,β-unsaturated/α-hetero) is 1. The van der Waals surface area contributed by atoms with Crippen LogP contribution in [-0.4, -0.2) is 22.8 Å². The summed E-state index contributed by atoms with van der Waals surface area (Å²) in [6.07, 6.45) is 10.9. The maximum Gasteiger partial charge on any atom is 0.306 e. The number of aromatic nitrogens is 1. The molecule has 35 heavy (non-hydrogen) atoms. The minimum absolute atomic E-state index is 0.0690. The number of hydrogen-bond donors (Lipinski definition) is 0. The van der Waals surface area contributed by atoms with Crippen molar-refractivity contribution in [3.63, 3.8) is 0 Å². The lowest BCUT2D eigenvalue weighted by Gasteiger charge is -2.36. The van der Waals surface area contributed by atoms with Crippen LogP contribution in [0, 0.1) is 36.0 Å². The van der Waals surface area contributed by atoms with Crippen LogP contribution in [0.15, 0.2) is 34.8 Å². The molecule has 0 radical (unpaired) electrons. The van der Waals surface area contributed by atoms with Crippen molar-refractivity contribution in [3.8, 4) is 0 Å². The van der Waals surface area contributed by atoms with Gasteiger partial charge in [-0.1, -0.05) is 72.3 Å². The van der Waals surface area contributed by atoms with E-state index in [1.165, 1.54) is 5.57 Å². The first-order chi connectivity index (χ1) is 16.4. The van der Waals surface area contributed by atoms with Crippen LogP contribution in [0.2, 0.25) is 0 Å². The van der Waals surface area contributed by atoms with Crippen molar-refractivity contribution in [2.75, 3.05) is 0 Å². The van der Waals surface area contributed by atoms with Gasteiger partial charge in [0.05, 0.1) is 10.7 Å². The Hall–Kier alpha value is -2.01. The second-order valence-electron chi connectivity index (χ2n) is 11.0. The first kappa shape index (κ1) is 29.2. The van der Waals surface area contributed by atoms with Gasteiger partial charge in [-0.15, -0.1) is 11.3 Å². The summed E-state index contributed by atoms with van der Waals surface area (Å²) in [5.41, 5.74) is 2.49. The van der Waals surface area contributed by atoms with Gasteiger partial charge in [-0.3, -0.25) is 9.59 Å². The predicted octanol–water partition coefficient (Wildman–Crippen LogP) is 7.98. The number of esters is 1. The average Bonchev–Trinajstić information content (AvgIpc) is 3.21. The Morgan fingerprint density at radius 2 is 1.89 bits per heavy atom. The van der Waals surface area contributed by atoms with Crippen LogP contribution < -0.4 is 0 Å². The second-order valence-corrected chi connectivity index (χ2v) is 12.0. The number of carbonyl (C=O) groups excluding carboxylic acids is 2. The van der Waals surface area contributed by atoms with Crippen molar-refractivity contribution < 1.29 is 14.3 Å². The molecule has 1 aliphatic rings. The van der Waals surface area contributed by atoms with Crippen LogP contribution >= 0.6 is 11.3 Å². The number of hydrogen-bond acceptors (Lipinski definition) is 5. The molecule has 0 spiro atoms. The number of carbonyl (C=O) groups is 2. The molecule has 2 heterocycles. The molecule has 2 rings (SSSR count).